The number of fused-ring (bicyclic) bond motifs is 1. The van der Waals surface area contributed by atoms with Crippen LogP contribution in [-0.4, -0.2) is 24.7 Å². The van der Waals surface area contributed by atoms with Crippen molar-refractivity contribution in [3.8, 4) is 0 Å². The minimum atomic E-state index is -0.655. The zero-order chi connectivity index (χ0) is 13.4. The summed E-state index contributed by atoms with van der Waals surface area (Å²) in [5, 5.41) is 6.29. The lowest BCUT2D eigenvalue weighted by Gasteiger charge is -2.04. The van der Waals surface area contributed by atoms with Crippen molar-refractivity contribution in [1.29, 1.82) is 0 Å². The van der Waals surface area contributed by atoms with Gasteiger partial charge in [0.1, 0.15) is 6.54 Å². The molecular weight excluding hydrogens is 250 g/mol. The van der Waals surface area contributed by atoms with Crippen molar-refractivity contribution in [1.82, 2.24) is 24.7 Å². The number of nitrogens with zero attached hydrogens (tertiary/aromatic N) is 4. The van der Waals surface area contributed by atoms with Gasteiger partial charge >= 0.3 is 5.76 Å². The molecular formula is C11H9N5O3. The normalized spacial score (nSPS) is 11.0. The van der Waals surface area contributed by atoms with Crippen molar-refractivity contribution < 1.29 is 4.42 Å². The highest BCUT2D eigenvalue weighted by atomic mass is 16.4. The lowest BCUT2D eigenvalue weighted by Crippen LogP contribution is -2.22. The SMILES string of the molecule is Cc1cncc2ncn(Cc3n[nH]c(=O)o3)c(=O)c12. The maximum atomic E-state index is 12.3. The van der Waals surface area contributed by atoms with Gasteiger partial charge in [-0.15, -0.1) is 5.10 Å². The highest BCUT2D eigenvalue weighted by molar-refractivity contribution is 5.79. The molecule has 0 radical (unpaired) electrons. The molecule has 0 spiro atoms. The first kappa shape index (κ1) is 11.3. The number of nitrogens with one attached hydrogen (secondary N) is 1. The smallest absolute Gasteiger partial charge is 0.390 e. The molecule has 0 atom stereocenters. The van der Waals surface area contributed by atoms with Crippen LogP contribution in [0.5, 0.6) is 0 Å². The van der Waals surface area contributed by atoms with E-state index in [0.717, 1.165) is 5.56 Å². The molecule has 96 valence electrons. The summed E-state index contributed by atoms with van der Waals surface area (Å²) in [6.07, 6.45) is 4.51. The Bertz CT molecular complexity index is 860. The highest BCUT2D eigenvalue weighted by Gasteiger charge is 2.09. The largest absolute Gasteiger partial charge is 0.434 e. The summed E-state index contributed by atoms with van der Waals surface area (Å²) in [4.78, 5) is 31.3. The Morgan fingerprint density at radius 2 is 2.21 bits per heavy atom. The van der Waals surface area contributed by atoms with Crippen molar-refractivity contribution in [3.63, 3.8) is 0 Å². The molecule has 3 aromatic rings. The van der Waals surface area contributed by atoms with Crippen molar-refractivity contribution in [3.05, 3.63) is 51.1 Å². The maximum absolute atomic E-state index is 12.3. The summed E-state index contributed by atoms with van der Waals surface area (Å²) in [6.45, 7) is 1.83. The van der Waals surface area contributed by atoms with Gasteiger partial charge in [-0.1, -0.05) is 0 Å². The van der Waals surface area contributed by atoms with Crippen molar-refractivity contribution in [2.75, 3.05) is 0 Å². The monoisotopic (exact) mass is 259 g/mol. The van der Waals surface area contributed by atoms with E-state index in [0.29, 0.717) is 10.9 Å². The number of H-pyrrole nitrogens is 1. The van der Waals surface area contributed by atoms with Crippen LogP contribution in [0, 0.1) is 6.92 Å². The van der Waals surface area contributed by atoms with E-state index < -0.39 is 5.76 Å². The Balaban J connectivity index is 2.15. The minimum Gasteiger partial charge on any atom is -0.390 e. The molecule has 0 saturated heterocycles. The van der Waals surface area contributed by atoms with Gasteiger partial charge in [-0.05, 0) is 12.5 Å². The van der Waals surface area contributed by atoms with Crippen LogP contribution in [0.4, 0.5) is 0 Å². The van der Waals surface area contributed by atoms with E-state index in [9.17, 15) is 9.59 Å². The number of pyridine rings is 1. The van der Waals surface area contributed by atoms with Crippen LogP contribution in [0.1, 0.15) is 11.5 Å². The van der Waals surface area contributed by atoms with E-state index in [1.807, 2.05) is 0 Å². The van der Waals surface area contributed by atoms with E-state index in [2.05, 4.69) is 20.2 Å². The first-order valence-corrected chi connectivity index (χ1v) is 5.49. The molecule has 1 N–H and O–H groups in total. The van der Waals surface area contributed by atoms with Crippen LogP contribution in [0.3, 0.4) is 0 Å². The molecule has 8 nitrogen and oxygen atoms in total. The number of rotatable bonds is 2. The predicted octanol–water partition coefficient (Wildman–Crippen LogP) is -0.175. The van der Waals surface area contributed by atoms with Gasteiger partial charge in [-0.2, -0.15) is 0 Å². The van der Waals surface area contributed by atoms with E-state index >= 15 is 0 Å². The van der Waals surface area contributed by atoms with Gasteiger partial charge in [0.25, 0.3) is 5.56 Å². The van der Waals surface area contributed by atoms with E-state index in [1.54, 1.807) is 13.1 Å². The number of hydrogen-bond donors (Lipinski definition) is 1. The zero-order valence-corrected chi connectivity index (χ0v) is 9.95. The summed E-state index contributed by atoms with van der Waals surface area (Å²) < 4.78 is 6.09. The average molecular weight is 259 g/mol. The number of aromatic amines is 1. The molecule has 0 aliphatic rings. The van der Waals surface area contributed by atoms with Crippen LogP contribution in [0.2, 0.25) is 0 Å². The topological polar surface area (TPSA) is 107 Å². The van der Waals surface area contributed by atoms with Gasteiger partial charge in [0, 0.05) is 6.20 Å². The second-order valence-electron chi connectivity index (χ2n) is 4.04. The van der Waals surface area contributed by atoms with Crippen molar-refractivity contribution in [2.45, 2.75) is 13.5 Å². The minimum absolute atomic E-state index is 0.0439. The van der Waals surface area contributed by atoms with Gasteiger partial charge < -0.3 is 4.42 Å². The molecule has 0 saturated carbocycles. The predicted molar refractivity (Wildman–Crippen MR) is 64.8 cm³/mol. The van der Waals surface area contributed by atoms with Gasteiger partial charge in [0.2, 0.25) is 5.89 Å². The molecule has 0 aliphatic heterocycles. The maximum Gasteiger partial charge on any atom is 0.434 e. The molecule has 19 heavy (non-hydrogen) atoms. The Labute approximate surface area is 105 Å². The summed E-state index contributed by atoms with van der Waals surface area (Å²) in [6, 6.07) is 0. The molecule has 0 bridgehead atoms. The van der Waals surface area contributed by atoms with Gasteiger partial charge in [0.05, 0.1) is 23.4 Å². The fraction of sp³-hybridized carbons (Fsp3) is 0.182. The van der Waals surface area contributed by atoms with E-state index in [1.165, 1.54) is 17.1 Å². The van der Waals surface area contributed by atoms with Gasteiger partial charge in [-0.25, -0.2) is 14.9 Å². The molecule has 3 rings (SSSR count). The molecule has 3 heterocycles. The van der Waals surface area contributed by atoms with Crippen LogP contribution in [0.25, 0.3) is 10.9 Å². The summed E-state index contributed by atoms with van der Waals surface area (Å²) in [5.41, 5.74) is 1.05. The number of aryl methyl sites for hydroxylation is 1. The lowest BCUT2D eigenvalue weighted by atomic mass is 10.2. The standard InChI is InChI=1S/C11H9N5O3/c1-6-2-12-3-7-9(6)10(17)16(5-13-7)4-8-14-15-11(18)19-8/h2-3,5H,4H2,1H3,(H,15,18). The summed E-state index contributed by atoms with van der Waals surface area (Å²) >= 11 is 0. The molecule has 3 aromatic heterocycles. The quantitative estimate of drug-likeness (QED) is 0.684. The molecule has 0 aromatic carbocycles. The molecule has 8 heteroatoms. The van der Waals surface area contributed by atoms with Crippen molar-refractivity contribution in [2.24, 2.45) is 0 Å². The van der Waals surface area contributed by atoms with Gasteiger partial charge in [0.15, 0.2) is 0 Å². The lowest BCUT2D eigenvalue weighted by molar-refractivity contribution is 0.446. The Morgan fingerprint density at radius 3 is 2.95 bits per heavy atom. The average Bonchev–Trinajstić information content (AvgIpc) is 2.78. The van der Waals surface area contributed by atoms with Crippen molar-refractivity contribution >= 4 is 10.9 Å². The van der Waals surface area contributed by atoms with Crippen LogP contribution < -0.4 is 11.3 Å². The van der Waals surface area contributed by atoms with E-state index in [4.69, 9.17) is 4.42 Å². The summed E-state index contributed by atoms with van der Waals surface area (Å²) in [7, 11) is 0. The fourth-order valence-electron chi connectivity index (χ4n) is 1.84. The summed E-state index contributed by atoms with van der Waals surface area (Å²) in [5.74, 6) is -0.530. The third kappa shape index (κ3) is 1.92. The highest BCUT2D eigenvalue weighted by Crippen LogP contribution is 2.09. The fourth-order valence-corrected chi connectivity index (χ4v) is 1.84. The second-order valence-corrected chi connectivity index (χ2v) is 4.04. The molecule has 0 fully saturated rings. The van der Waals surface area contributed by atoms with E-state index in [-0.39, 0.29) is 18.0 Å². The first-order valence-electron chi connectivity index (χ1n) is 5.49. The van der Waals surface area contributed by atoms with Crippen LogP contribution in [0.15, 0.2) is 32.7 Å². The molecule has 0 amide bonds. The molecule has 0 unspecified atom stereocenters. The molecule has 0 aliphatic carbocycles. The zero-order valence-electron chi connectivity index (χ0n) is 9.95. The third-order valence-corrected chi connectivity index (χ3v) is 2.71. The number of aromatic nitrogens is 5. The van der Waals surface area contributed by atoms with Crippen LogP contribution >= 0.6 is 0 Å². The second kappa shape index (κ2) is 4.16. The first-order chi connectivity index (χ1) is 9.15. The number of hydrogen-bond acceptors (Lipinski definition) is 6. The Kier molecular flexibility index (Phi) is 2.48. The Hall–Kier alpha value is -2.77. The Morgan fingerprint density at radius 1 is 1.37 bits per heavy atom. The van der Waals surface area contributed by atoms with Gasteiger partial charge in [-0.3, -0.25) is 14.3 Å². The van der Waals surface area contributed by atoms with Crippen LogP contribution in [-0.2, 0) is 6.54 Å². The third-order valence-electron chi connectivity index (χ3n) is 2.71.